The van der Waals surface area contributed by atoms with Crippen LogP contribution in [0.3, 0.4) is 0 Å². The number of carboxylic acid groups (broad SMARTS) is 1. The molecule has 0 radical (unpaired) electrons. The fraction of sp³-hybridized carbons (Fsp3) is 0.429. The first-order valence-corrected chi connectivity index (χ1v) is 7.31. The number of halogens is 1. The highest BCUT2D eigenvalue weighted by molar-refractivity contribution is 9.10. The molecule has 1 aliphatic carbocycles. The molecule has 0 aromatic heterocycles. The maximum Gasteiger partial charge on any atom is 0.319 e. The standard InChI is InChI=1S/C14H17BrN2O3/c15-10-3-1-4-11(7-10)17-13(20)16-9-14(5-2-6-14)8-12(18)19/h1,3-4,7H,2,5-6,8-9H2,(H,18,19)(H2,16,17,20). The fourth-order valence-corrected chi connectivity index (χ4v) is 2.82. The molecule has 5 nitrogen and oxygen atoms in total. The SMILES string of the molecule is O=C(O)CC1(CNC(=O)Nc2cccc(Br)c2)CCC1. The maximum absolute atomic E-state index is 11.8. The Kier molecular flexibility index (Phi) is 4.65. The van der Waals surface area contributed by atoms with Gasteiger partial charge in [0, 0.05) is 16.7 Å². The lowest BCUT2D eigenvalue weighted by molar-refractivity contribution is -0.141. The maximum atomic E-state index is 11.8. The minimum absolute atomic E-state index is 0.115. The average molecular weight is 341 g/mol. The predicted molar refractivity (Wildman–Crippen MR) is 79.7 cm³/mol. The zero-order chi connectivity index (χ0) is 14.6. The molecular weight excluding hydrogens is 324 g/mol. The molecule has 3 N–H and O–H groups in total. The van der Waals surface area contributed by atoms with Gasteiger partial charge in [0.15, 0.2) is 0 Å². The second kappa shape index (κ2) is 6.26. The van der Waals surface area contributed by atoms with E-state index in [0.717, 1.165) is 23.7 Å². The molecule has 6 heteroatoms. The second-order valence-corrected chi connectivity index (χ2v) is 6.16. The van der Waals surface area contributed by atoms with E-state index in [-0.39, 0.29) is 17.9 Å². The van der Waals surface area contributed by atoms with Gasteiger partial charge in [0.1, 0.15) is 0 Å². The van der Waals surface area contributed by atoms with Crippen LogP contribution in [0, 0.1) is 5.41 Å². The van der Waals surface area contributed by atoms with Crippen molar-refractivity contribution in [2.24, 2.45) is 5.41 Å². The molecule has 0 atom stereocenters. The lowest BCUT2D eigenvalue weighted by Gasteiger charge is -2.40. The molecule has 0 bridgehead atoms. The Bertz CT molecular complexity index is 515. The highest BCUT2D eigenvalue weighted by Gasteiger charge is 2.39. The van der Waals surface area contributed by atoms with Gasteiger partial charge < -0.3 is 15.7 Å². The highest BCUT2D eigenvalue weighted by atomic mass is 79.9. The minimum atomic E-state index is -0.807. The van der Waals surface area contributed by atoms with Gasteiger partial charge in [0.2, 0.25) is 0 Å². The summed E-state index contributed by atoms with van der Waals surface area (Å²) in [5, 5.41) is 14.4. The molecule has 0 heterocycles. The predicted octanol–water partition coefficient (Wildman–Crippen LogP) is 3.22. The Hall–Kier alpha value is -1.56. The monoisotopic (exact) mass is 340 g/mol. The summed E-state index contributed by atoms with van der Waals surface area (Å²) < 4.78 is 0.886. The molecule has 20 heavy (non-hydrogen) atoms. The van der Waals surface area contributed by atoms with Gasteiger partial charge >= 0.3 is 12.0 Å². The van der Waals surface area contributed by atoms with Gasteiger partial charge in [-0.25, -0.2) is 4.79 Å². The number of carboxylic acids is 1. The fourth-order valence-electron chi connectivity index (χ4n) is 2.42. The quantitative estimate of drug-likeness (QED) is 0.769. The number of carbonyl (C=O) groups excluding carboxylic acids is 1. The number of nitrogens with one attached hydrogen (secondary N) is 2. The molecule has 2 amide bonds. The first-order chi connectivity index (χ1) is 9.49. The number of hydrogen-bond donors (Lipinski definition) is 3. The van der Waals surface area contributed by atoms with Crippen molar-refractivity contribution in [2.75, 3.05) is 11.9 Å². The Balaban J connectivity index is 1.84. The molecule has 1 aromatic carbocycles. The van der Waals surface area contributed by atoms with Gasteiger partial charge in [-0.05, 0) is 36.5 Å². The first kappa shape index (κ1) is 14.8. The van der Waals surface area contributed by atoms with Crippen LogP contribution in [-0.2, 0) is 4.79 Å². The summed E-state index contributed by atoms with van der Waals surface area (Å²) in [5.74, 6) is -0.807. The van der Waals surface area contributed by atoms with Crippen molar-refractivity contribution in [3.8, 4) is 0 Å². The van der Waals surface area contributed by atoms with E-state index in [1.807, 2.05) is 12.1 Å². The molecule has 1 fully saturated rings. The van der Waals surface area contributed by atoms with Crippen molar-refractivity contribution in [3.05, 3.63) is 28.7 Å². The van der Waals surface area contributed by atoms with Gasteiger partial charge in [0.25, 0.3) is 0 Å². The van der Waals surface area contributed by atoms with Crippen LogP contribution in [0.15, 0.2) is 28.7 Å². The van der Waals surface area contributed by atoms with E-state index < -0.39 is 5.97 Å². The summed E-state index contributed by atoms with van der Waals surface area (Å²) in [7, 11) is 0. The molecule has 1 saturated carbocycles. The third-order valence-electron chi connectivity index (χ3n) is 3.65. The summed E-state index contributed by atoms with van der Waals surface area (Å²) in [6.45, 7) is 0.402. The van der Waals surface area contributed by atoms with Crippen molar-refractivity contribution in [1.82, 2.24) is 5.32 Å². The minimum Gasteiger partial charge on any atom is -0.481 e. The molecule has 108 valence electrons. The number of carbonyl (C=O) groups is 2. The number of rotatable bonds is 5. The number of aliphatic carboxylic acids is 1. The topological polar surface area (TPSA) is 78.4 Å². The van der Waals surface area contributed by atoms with E-state index in [4.69, 9.17) is 5.11 Å². The third kappa shape index (κ3) is 3.96. The molecule has 0 unspecified atom stereocenters. The summed E-state index contributed by atoms with van der Waals surface area (Å²) in [6.07, 6.45) is 2.86. The van der Waals surface area contributed by atoms with Gasteiger partial charge in [-0.1, -0.05) is 28.4 Å². The number of anilines is 1. The van der Waals surface area contributed by atoms with Crippen LogP contribution in [0.2, 0.25) is 0 Å². The van der Waals surface area contributed by atoms with Gasteiger partial charge in [0.05, 0.1) is 6.42 Å². The number of hydrogen-bond acceptors (Lipinski definition) is 2. The normalized spacial score (nSPS) is 16.1. The summed E-state index contributed by atoms with van der Waals surface area (Å²) in [4.78, 5) is 22.7. The summed E-state index contributed by atoms with van der Waals surface area (Å²) >= 11 is 3.33. The number of urea groups is 1. The van der Waals surface area contributed by atoms with Crippen molar-refractivity contribution in [2.45, 2.75) is 25.7 Å². The van der Waals surface area contributed by atoms with Crippen LogP contribution in [0.1, 0.15) is 25.7 Å². The van der Waals surface area contributed by atoms with Gasteiger partial charge in [-0.3, -0.25) is 4.79 Å². The lowest BCUT2D eigenvalue weighted by Crippen LogP contribution is -2.44. The van der Waals surface area contributed by atoms with Crippen LogP contribution in [0.4, 0.5) is 10.5 Å². The highest BCUT2D eigenvalue weighted by Crippen LogP contribution is 2.43. The molecule has 0 aliphatic heterocycles. The largest absolute Gasteiger partial charge is 0.481 e. The van der Waals surface area contributed by atoms with Gasteiger partial charge in [-0.2, -0.15) is 0 Å². The first-order valence-electron chi connectivity index (χ1n) is 6.51. The van der Waals surface area contributed by atoms with E-state index in [2.05, 4.69) is 26.6 Å². The summed E-state index contributed by atoms with van der Waals surface area (Å²) in [5.41, 5.74) is 0.429. The molecule has 0 spiro atoms. The van der Waals surface area contributed by atoms with E-state index in [0.29, 0.717) is 12.2 Å². The Morgan fingerprint density at radius 3 is 2.65 bits per heavy atom. The zero-order valence-electron chi connectivity index (χ0n) is 11.0. The zero-order valence-corrected chi connectivity index (χ0v) is 12.6. The van der Waals surface area contributed by atoms with E-state index in [1.165, 1.54) is 0 Å². The molecule has 1 aromatic rings. The number of benzene rings is 1. The lowest BCUT2D eigenvalue weighted by atomic mass is 9.66. The van der Waals surface area contributed by atoms with Crippen LogP contribution < -0.4 is 10.6 Å². The van der Waals surface area contributed by atoms with Crippen molar-refractivity contribution in [3.63, 3.8) is 0 Å². The number of amides is 2. The average Bonchev–Trinajstić information content (AvgIpc) is 2.32. The molecule has 0 saturated heterocycles. The second-order valence-electron chi connectivity index (χ2n) is 5.24. The molecule has 1 aliphatic rings. The van der Waals surface area contributed by atoms with Crippen LogP contribution >= 0.6 is 15.9 Å². The van der Waals surface area contributed by atoms with E-state index in [1.54, 1.807) is 12.1 Å². The van der Waals surface area contributed by atoms with Crippen molar-refractivity contribution < 1.29 is 14.7 Å². The summed E-state index contributed by atoms with van der Waals surface area (Å²) in [6, 6.07) is 6.99. The Morgan fingerprint density at radius 2 is 2.10 bits per heavy atom. The Morgan fingerprint density at radius 1 is 1.35 bits per heavy atom. The third-order valence-corrected chi connectivity index (χ3v) is 4.14. The Labute approximate surface area is 125 Å². The van der Waals surface area contributed by atoms with Crippen LogP contribution in [0.5, 0.6) is 0 Å². The van der Waals surface area contributed by atoms with Crippen LogP contribution in [0.25, 0.3) is 0 Å². The van der Waals surface area contributed by atoms with Crippen molar-refractivity contribution >= 4 is 33.6 Å². The van der Waals surface area contributed by atoms with Crippen molar-refractivity contribution in [1.29, 1.82) is 0 Å². The van der Waals surface area contributed by atoms with E-state index in [9.17, 15) is 9.59 Å². The molecular formula is C14H17BrN2O3. The van der Waals surface area contributed by atoms with Crippen LogP contribution in [-0.4, -0.2) is 23.7 Å². The van der Waals surface area contributed by atoms with E-state index >= 15 is 0 Å². The smallest absolute Gasteiger partial charge is 0.319 e. The molecule has 2 rings (SSSR count). The van der Waals surface area contributed by atoms with Gasteiger partial charge in [-0.15, -0.1) is 0 Å².